The Morgan fingerprint density at radius 3 is 2.60 bits per heavy atom. The van der Waals surface area contributed by atoms with Crippen molar-refractivity contribution in [2.75, 3.05) is 38.3 Å². The molecule has 2 rings (SSSR count). The van der Waals surface area contributed by atoms with Crippen LogP contribution in [0.3, 0.4) is 0 Å². The summed E-state index contributed by atoms with van der Waals surface area (Å²) < 4.78 is 5.19. The topological polar surface area (TPSA) is 82.1 Å². The van der Waals surface area contributed by atoms with E-state index in [1.807, 2.05) is 0 Å². The van der Waals surface area contributed by atoms with Crippen LogP contribution in [0.2, 0.25) is 0 Å². The molecule has 1 saturated heterocycles. The number of carboxylic acids is 1. The molecule has 0 saturated carbocycles. The summed E-state index contributed by atoms with van der Waals surface area (Å²) in [6, 6.07) is 6.01. The van der Waals surface area contributed by atoms with Crippen molar-refractivity contribution in [3.63, 3.8) is 0 Å². The van der Waals surface area contributed by atoms with Crippen LogP contribution in [0.25, 0.3) is 0 Å². The summed E-state index contributed by atoms with van der Waals surface area (Å²) in [5.41, 5.74) is 3.17. The van der Waals surface area contributed by atoms with Gasteiger partial charge < -0.3 is 9.84 Å². The van der Waals surface area contributed by atoms with Crippen molar-refractivity contribution in [3.8, 4) is 0 Å². The van der Waals surface area contributed by atoms with Gasteiger partial charge in [-0.05, 0) is 12.1 Å². The molecular weight excluding hydrogens is 262 g/mol. The monoisotopic (exact) mass is 279 g/mol. The average molecular weight is 279 g/mol. The van der Waals surface area contributed by atoms with E-state index >= 15 is 0 Å². The minimum absolute atomic E-state index is 0.0899. The molecule has 0 unspecified atom stereocenters. The highest BCUT2D eigenvalue weighted by Gasteiger charge is 2.20. The zero-order valence-corrected chi connectivity index (χ0v) is 11.2. The SMILES string of the molecule is CN(C(=O)NN1CCOCC1)c1ccccc1C(=O)O. The highest BCUT2D eigenvalue weighted by atomic mass is 16.5. The highest BCUT2D eigenvalue weighted by Crippen LogP contribution is 2.19. The molecule has 0 atom stereocenters. The Labute approximate surface area is 116 Å². The smallest absolute Gasteiger partial charge is 0.337 e. The van der Waals surface area contributed by atoms with Crippen LogP contribution in [-0.2, 0) is 4.74 Å². The van der Waals surface area contributed by atoms with Gasteiger partial charge in [0.2, 0.25) is 0 Å². The highest BCUT2D eigenvalue weighted by molar-refractivity contribution is 6.00. The van der Waals surface area contributed by atoms with E-state index in [1.54, 1.807) is 23.2 Å². The van der Waals surface area contributed by atoms with Crippen molar-refractivity contribution in [3.05, 3.63) is 29.8 Å². The summed E-state index contributed by atoms with van der Waals surface area (Å²) in [6.45, 7) is 2.35. The van der Waals surface area contributed by atoms with Crippen LogP contribution in [-0.4, -0.2) is 55.5 Å². The van der Waals surface area contributed by atoms with Gasteiger partial charge in [0.15, 0.2) is 0 Å². The number of amides is 2. The maximum atomic E-state index is 12.1. The van der Waals surface area contributed by atoms with E-state index in [4.69, 9.17) is 9.84 Å². The molecule has 1 aromatic carbocycles. The number of ether oxygens (including phenoxy) is 1. The Balaban J connectivity index is 2.08. The molecule has 1 aromatic rings. The number of benzene rings is 1. The summed E-state index contributed by atoms with van der Waals surface area (Å²) in [5, 5.41) is 10.9. The van der Waals surface area contributed by atoms with Crippen LogP contribution in [0.5, 0.6) is 0 Å². The van der Waals surface area contributed by atoms with E-state index in [-0.39, 0.29) is 11.6 Å². The van der Waals surface area contributed by atoms with Gasteiger partial charge >= 0.3 is 12.0 Å². The van der Waals surface area contributed by atoms with Crippen LogP contribution < -0.4 is 10.3 Å². The lowest BCUT2D eigenvalue weighted by atomic mass is 10.1. The van der Waals surface area contributed by atoms with Crippen LogP contribution in [0.1, 0.15) is 10.4 Å². The molecule has 1 heterocycles. The molecule has 0 radical (unpaired) electrons. The zero-order chi connectivity index (χ0) is 14.5. The second kappa shape index (κ2) is 6.36. The van der Waals surface area contributed by atoms with E-state index in [0.29, 0.717) is 32.0 Å². The first kappa shape index (κ1) is 14.3. The molecule has 2 amide bonds. The standard InChI is InChI=1S/C13H17N3O4/c1-15(11-5-3-2-4-10(11)12(17)18)13(19)14-16-6-8-20-9-7-16/h2-5H,6-9H2,1H3,(H,14,19)(H,17,18). The summed E-state index contributed by atoms with van der Waals surface area (Å²) >= 11 is 0. The first-order chi connectivity index (χ1) is 9.59. The zero-order valence-electron chi connectivity index (χ0n) is 11.2. The predicted molar refractivity (Wildman–Crippen MR) is 72.7 cm³/mol. The van der Waals surface area contributed by atoms with E-state index < -0.39 is 5.97 Å². The molecule has 1 fully saturated rings. The normalized spacial score (nSPS) is 15.7. The van der Waals surface area contributed by atoms with Gasteiger partial charge in [0, 0.05) is 20.1 Å². The van der Waals surface area contributed by atoms with E-state index in [1.165, 1.54) is 18.0 Å². The number of carbonyl (C=O) groups excluding carboxylic acids is 1. The summed E-state index contributed by atoms with van der Waals surface area (Å²) in [4.78, 5) is 24.6. The fourth-order valence-corrected chi connectivity index (χ4v) is 1.94. The summed E-state index contributed by atoms with van der Waals surface area (Å²) in [5.74, 6) is -1.06. The van der Waals surface area contributed by atoms with E-state index in [9.17, 15) is 9.59 Å². The number of para-hydroxylation sites is 1. The van der Waals surface area contributed by atoms with Crippen molar-refractivity contribution in [1.82, 2.24) is 10.4 Å². The van der Waals surface area contributed by atoms with Crippen molar-refractivity contribution in [2.24, 2.45) is 0 Å². The Kier molecular flexibility index (Phi) is 4.54. The van der Waals surface area contributed by atoms with Gasteiger partial charge in [-0.1, -0.05) is 12.1 Å². The number of urea groups is 1. The molecule has 7 nitrogen and oxygen atoms in total. The minimum atomic E-state index is -1.06. The second-order valence-corrected chi connectivity index (χ2v) is 4.40. The molecule has 0 aliphatic carbocycles. The Bertz CT molecular complexity index is 500. The van der Waals surface area contributed by atoms with Gasteiger partial charge in [0.05, 0.1) is 24.5 Å². The number of anilines is 1. The lowest BCUT2D eigenvalue weighted by Gasteiger charge is -2.29. The summed E-state index contributed by atoms with van der Waals surface area (Å²) in [7, 11) is 1.54. The number of nitrogens with zero attached hydrogens (tertiary/aromatic N) is 2. The molecular formula is C13H17N3O4. The fraction of sp³-hybridized carbons (Fsp3) is 0.385. The van der Waals surface area contributed by atoms with Crippen molar-refractivity contribution in [1.29, 1.82) is 0 Å². The minimum Gasteiger partial charge on any atom is -0.478 e. The molecule has 20 heavy (non-hydrogen) atoms. The van der Waals surface area contributed by atoms with Gasteiger partial charge in [-0.25, -0.2) is 14.6 Å². The first-order valence-electron chi connectivity index (χ1n) is 6.29. The van der Waals surface area contributed by atoms with Gasteiger partial charge in [0.25, 0.3) is 0 Å². The van der Waals surface area contributed by atoms with E-state index in [0.717, 1.165) is 0 Å². The Morgan fingerprint density at radius 2 is 1.95 bits per heavy atom. The third-order valence-corrected chi connectivity index (χ3v) is 3.07. The lowest BCUT2D eigenvalue weighted by Crippen LogP contribution is -2.52. The summed E-state index contributed by atoms with van der Waals surface area (Å²) in [6.07, 6.45) is 0. The number of carbonyl (C=O) groups is 2. The number of hydrogen-bond acceptors (Lipinski definition) is 4. The third kappa shape index (κ3) is 3.25. The number of morpholine rings is 1. The maximum Gasteiger partial charge on any atom is 0.337 e. The Morgan fingerprint density at radius 1 is 1.30 bits per heavy atom. The predicted octanol–water partition coefficient (Wildman–Crippen LogP) is 0.778. The number of aromatic carboxylic acids is 1. The third-order valence-electron chi connectivity index (χ3n) is 3.07. The van der Waals surface area contributed by atoms with Crippen LogP contribution in [0.15, 0.2) is 24.3 Å². The number of hydrogen-bond donors (Lipinski definition) is 2. The van der Waals surface area contributed by atoms with Crippen molar-refractivity contribution < 1.29 is 19.4 Å². The van der Waals surface area contributed by atoms with Gasteiger partial charge in [0.1, 0.15) is 0 Å². The lowest BCUT2D eigenvalue weighted by molar-refractivity contribution is 0.0202. The first-order valence-corrected chi connectivity index (χ1v) is 6.29. The largest absolute Gasteiger partial charge is 0.478 e. The van der Waals surface area contributed by atoms with Crippen LogP contribution in [0, 0.1) is 0 Å². The Hall–Kier alpha value is -2.12. The average Bonchev–Trinajstić information content (AvgIpc) is 2.47. The maximum absolute atomic E-state index is 12.1. The van der Waals surface area contributed by atoms with Crippen molar-refractivity contribution in [2.45, 2.75) is 0 Å². The quantitative estimate of drug-likeness (QED) is 0.854. The fourth-order valence-electron chi connectivity index (χ4n) is 1.94. The number of rotatable bonds is 3. The molecule has 2 N–H and O–H groups in total. The molecule has 0 aromatic heterocycles. The van der Waals surface area contributed by atoms with Gasteiger partial charge in [-0.15, -0.1) is 0 Å². The molecule has 1 aliphatic rings. The van der Waals surface area contributed by atoms with Crippen LogP contribution in [0.4, 0.5) is 10.5 Å². The number of nitrogens with one attached hydrogen (secondary N) is 1. The molecule has 0 spiro atoms. The molecule has 7 heteroatoms. The molecule has 108 valence electrons. The molecule has 0 bridgehead atoms. The second-order valence-electron chi connectivity index (χ2n) is 4.40. The number of carboxylic acid groups (broad SMARTS) is 1. The van der Waals surface area contributed by atoms with Gasteiger partial charge in [-0.2, -0.15) is 0 Å². The van der Waals surface area contributed by atoms with E-state index in [2.05, 4.69) is 5.43 Å². The molecule has 1 aliphatic heterocycles. The van der Waals surface area contributed by atoms with Crippen molar-refractivity contribution >= 4 is 17.7 Å². The van der Waals surface area contributed by atoms with Crippen LogP contribution >= 0.6 is 0 Å². The van der Waals surface area contributed by atoms with Gasteiger partial charge in [-0.3, -0.25) is 10.3 Å². The number of hydrazine groups is 1.